The first kappa shape index (κ1) is 14.8. The number of hydrogen-bond donors (Lipinski definition) is 2. The molecule has 0 bridgehead atoms. The van der Waals surface area contributed by atoms with E-state index in [1.54, 1.807) is 12.1 Å². The molecule has 1 aliphatic rings. The van der Waals surface area contributed by atoms with Gasteiger partial charge in [-0.1, -0.05) is 12.8 Å². The summed E-state index contributed by atoms with van der Waals surface area (Å²) in [5.41, 5.74) is 0.606. The van der Waals surface area contributed by atoms with Gasteiger partial charge >= 0.3 is 0 Å². The minimum Gasteiger partial charge on any atom is -0.389 e. The van der Waals surface area contributed by atoms with Crippen molar-refractivity contribution in [3.05, 3.63) is 29.6 Å². The van der Waals surface area contributed by atoms with Crippen LogP contribution in [0.25, 0.3) is 0 Å². The van der Waals surface area contributed by atoms with Gasteiger partial charge in [0, 0.05) is 12.2 Å². The van der Waals surface area contributed by atoms with Crippen molar-refractivity contribution in [2.24, 2.45) is 0 Å². The van der Waals surface area contributed by atoms with E-state index in [1.165, 1.54) is 25.0 Å². The number of hydrogen-bond acceptors (Lipinski definition) is 4. The van der Waals surface area contributed by atoms with E-state index >= 15 is 0 Å². The lowest BCUT2D eigenvalue weighted by atomic mass is 10.2. The molecule has 0 radical (unpaired) electrons. The van der Waals surface area contributed by atoms with Crippen molar-refractivity contribution in [1.29, 1.82) is 5.26 Å². The van der Waals surface area contributed by atoms with Crippen LogP contribution in [0.15, 0.2) is 18.2 Å². The topological polar surface area (TPSA) is 65.3 Å². The zero-order valence-corrected chi connectivity index (χ0v) is 11.3. The minimum absolute atomic E-state index is 0.00769. The molecule has 1 fully saturated rings. The number of nitriles is 1. The van der Waals surface area contributed by atoms with Crippen LogP contribution in [0, 0.1) is 17.1 Å². The van der Waals surface area contributed by atoms with Gasteiger partial charge in [0.05, 0.1) is 24.4 Å². The van der Waals surface area contributed by atoms with Crippen molar-refractivity contribution < 1.29 is 14.2 Å². The fraction of sp³-hybridized carbons (Fsp3) is 0.533. The van der Waals surface area contributed by atoms with Gasteiger partial charge in [-0.3, -0.25) is 0 Å². The average Bonchev–Trinajstić information content (AvgIpc) is 2.97. The monoisotopic (exact) mass is 278 g/mol. The highest BCUT2D eigenvalue weighted by Gasteiger charge is 2.16. The lowest BCUT2D eigenvalue weighted by molar-refractivity contribution is -0.00117. The smallest absolute Gasteiger partial charge is 0.141 e. The number of anilines is 1. The Balaban J connectivity index is 1.75. The zero-order valence-electron chi connectivity index (χ0n) is 11.3. The van der Waals surface area contributed by atoms with Crippen molar-refractivity contribution in [2.75, 3.05) is 18.5 Å². The molecular weight excluding hydrogens is 259 g/mol. The van der Waals surface area contributed by atoms with Crippen molar-refractivity contribution in [2.45, 2.75) is 37.9 Å². The van der Waals surface area contributed by atoms with Crippen molar-refractivity contribution in [3.8, 4) is 6.07 Å². The van der Waals surface area contributed by atoms with Crippen LogP contribution in [-0.4, -0.2) is 30.5 Å². The van der Waals surface area contributed by atoms with Gasteiger partial charge < -0.3 is 15.2 Å². The maximum Gasteiger partial charge on any atom is 0.141 e. The van der Waals surface area contributed by atoms with Crippen LogP contribution in [0.3, 0.4) is 0 Å². The molecule has 4 nitrogen and oxygen atoms in total. The predicted octanol–water partition coefficient (Wildman–Crippen LogP) is 2.43. The van der Waals surface area contributed by atoms with E-state index < -0.39 is 11.9 Å². The van der Waals surface area contributed by atoms with E-state index in [0.29, 0.717) is 18.8 Å². The van der Waals surface area contributed by atoms with Crippen LogP contribution in [-0.2, 0) is 4.74 Å². The van der Waals surface area contributed by atoms with Gasteiger partial charge in [0.1, 0.15) is 11.9 Å². The van der Waals surface area contributed by atoms with E-state index in [-0.39, 0.29) is 11.7 Å². The molecular formula is C15H19FN2O2. The molecule has 0 heterocycles. The molecule has 2 rings (SSSR count). The lowest BCUT2D eigenvalue weighted by Crippen LogP contribution is -2.27. The summed E-state index contributed by atoms with van der Waals surface area (Å²) < 4.78 is 18.8. The van der Waals surface area contributed by atoms with Crippen molar-refractivity contribution in [1.82, 2.24) is 0 Å². The molecule has 108 valence electrons. The highest BCUT2D eigenvalue weighted by molar-refractivity contribution is 5.49. The van der Waals surface area contributed by atoms with E-state index in [9.17, 15) is 9.50 Å². The Morgan fingerprint density at radius 1 is 1.45 bits per heavy atom. The van der Waals surface area contributed by atoms with E-state index in [2.05, 4.69) is 5.32 Å². The first-order valence-corrected chi connectivity index (χ1v) is 6.92. The van der Waals surface area contributed by atoms with Gasteiger partial charge in [0.25, 0.3) is 0 Å². The minimum atomic E-state index is -0.619. The van der Waals surface area contributed by atoms with Gasteiger partial charge in [-0.25, -0.2) is 4.39 Å². The van der Waals surface area contributed by atoms with E-state index in [1.807, 2.05) is 0 Å². The second-order valence-electron chi connectivity index (χ2n) is 5.08. The van der Waals surface area contributed by atoms with Crippen LogP contribution in [0.1, 0.15) is 31.2 Å². The zero-order chi connectivity index (χ0) is 14.4. The molecule has 0 aromatic heterocycles. The fourth-order valence-corrected chi connectivity index (χ4v) is 2.32. The number of aliphatic hydroxyl groups excluding tert-OH is 1. The van der Waals surface area contributed by atoms with Crippen LogP contribution in [0.2, 0.25) is 0 Å². The molecule has 20 heavy (non-hydrogen) atoms. The number of nitrogens with zero attached hydrogens (tertiary/aromatic N) is 1. The quantitative estimate of drug-likeness (QED) is 0.838. The highest BCUT2D eigenvalue weighted by Crippen LogP contribution is 2.21. The normalized spacial score (nSPS) is 16.9. The van der Waals surface area contributed by atoms with Crippen LogP contribution >= 0.6 is 0 Å². The lowest BCUT2D eigenvalue weighted by Gasteiger charge is -2.16. The Hall–Kier alpha value is -1.64. The molecule has 1 aromatic carbocycles. The van der Waals surface area contributed by atoms with Gasteiger partial charge in [-0.2, -0.15) is 5.26 Å². The van der Waals surface area contributed by atoms with E-state index in [4.69, 9.17) is 10.00 Å². The third kappa shape index (κ3) is 4.19. The Bertz CT molecular complexity index is 481. The van der Waals surface area contributed by atoms with Crippen LogP contribution in [0.4, 0.5) is 10.1 Å². The molecule has 1 aromatic rings. The second kappa shape index (κ2) is 7.22. The second-order valence-corrected chi connectivity index (χ2v) is 5.08. The van der Waals surface area contributed by atoms with Crippen LogP contribution < -0.4 is 5.32 Å². The number of benzene rings is 1. The molecule has 5 heteroatoms. The summed E-state index contributed by atoms with van der Waals surface area (Å²) in [7, 11) is 0. The van der Waals surface area contributed by atoms with Gasteiger partial charge in [-0.15, -0.1) is 0 Å². The highest BCUT2D eigenvalue weighted by atomic mass is 19.1. The largest absolute Gasteiger partial charge is 0.389 e. The SMILES string of the molecule is N#Cc1cc(NCC(O)COC2CCCC2)ccc1F. The van der Waals surface area contributed by atoms with Crippen LogP contribution in [0.5, 0.6) is 0 Å². The Kier molecular flexibility index (Phi) is 5.33. The number of aliphatic hydroxyl groups is 1. The summed E-state index contributed by atoms with van der Waals surface area (Å²) in [6.45, 7) is 0.604. The Labute approximate surface area is 118 Å². The summed E-state index contributed by atoms with van der Waals surface area (Å²) in [6, 6.07) is 5.99. The number of nitrogens with one attached hydrogen (secondary N) is 1. The van der Waals surface area contributed by atoms with Gasteiger partial charge in [-0.05, 0) is 31.0 Å². The number of ether oxygens (including phenoxy) is 1. The Morgan fingerprint density at radius 2 is 2.20 bits per heavy atom. The standard InChI is InChI=1S/C15H19FN2O2/c16-15-6-5-12(7-11(15)8-17)18-9-13(19)10-20-14-3-1-2-4-14/h5-7,13-14,18-19H,1-4,9-10H2. The van der Waals surface area contributed by atoms with E-state index in [0.717, 1.165) is 12.8 Å². The molecule has 0 spiro atoms. The maximum atomic E-state index is 13.1. The summed E-state index contributed by atoms with van der Waals surface area (Å²) in [6.07, 6.45) is 4.21. The third-order valence-corrected chi connectivity index (χ3v) is 3.46. The molecule has 1 saturated carbocycles. The van der Waals surface area contributed by atoms with Crippen molar-refractivity contribution in [3.63, 3.8) is 0 Å². The first-order valence-electron chi connectivity index (χ1n) is 6.92. The average molecular weight is 278 g/mol. The number of halogens is 1. The van der Waals surface area contributed by atoms with Gasteiger partial charge in [0.2, 0.25) is 0 Å². The first-order chi connectivity index (χ1) is 9.69. The summed E-state index contributed by atoms with van der Waals surface area (Å²) in [5.74, 6) is -0.539. The third-order valence-electron chi connectivity index (χ3n) is 3.46. The molecule has 0 amide bonds. The van der Waals surface area contributed by atoms with Crippen molar-refractivity contribution >= 4 is 5.69 Å². The predicted molar refractivity (Wildman–Crippen MR) is 73.8 cm³/mol. The summed E-state index contributed by atoms with van der Waals surface area (Å²) >= 11 is 0. The molecule has 1 atom stereocenters. The maximum absolute atomic E-state index is 13.1. The molecule has 1 unspecified atom stereocenters. The molecule has 0 aliphatic heterocycles. The fourth-order valence-electron chi connectivity index (χ4n) is 2.32. The molecule has 1 aliphatic carbocycles. The molecule has 2 N–H and O–H groups in total. The number of rotatable bonds is 6. The molecule has 0 saturated heterocycles. The van der Waals surface area contributed by atoms with Gasteiger partial charge in [0.15, 0.2) is 0 Å². The summed E-state index contributed by atoms with van der Waals surface area (Å²) in [4.78, 5) is 0. The Morgan fingerprint density at radius 3 is 2.90 bits per heavy atom. The summed E-state index contributed by atoms with van der Waals surface area (Å²) in [5, 5.41) is 21.5.